The Morgan fingerprint density at radius 1 is 1.11 bits per heavy atom. The van der Waals surface area contributed by atoms with E-state index in [1.807, 2.05) is 42.5 Å². The van der Waals surface area contributed by atoms with E-state index in [0.717, 1.165) is 16.5 Å². The average molecular weight is 372 g/mol. The van der Waals surface area contributed by atoms with E-state index in [9.17, 15) is 14.9 Å². The number of rotatable bonds is 5. The predicted molar refractivity (Wildman–Crippen MR) is 108 cm³/mol. The molecule has 138 valence electrons. The van der Waals surface area contributed by atoms with Crippen LogP contribution in [0, 0.1) is 10.1 Å². The van der Waals surface area contributed by atoms with E-state index < -0.39 is 4.92 Å². The zero-order chi connectivity index (χ0) is 19.7. The highest BCUT2D eigenvalue weighted by Gasteiger charge is 2.18. The number of benzene rings is 2. The summed E-state index contributed by atoms with van der Waals surface area (Å²) in [6.07, 6.45) is 1.49. The van der Waals surface area contributed by atoms with Gasteiger partial charge < -0.3 is 10.3 Å². The van der Waals surface area contributed by atoms with Crippen LogP contribution in [-0.4, -0.2) is 20.7 Å². The Morgan fingerprint density at radius 3 is 2.71 bits per heavy atom. The minimum atomic E-state index is -0.481. The topological polar surface area (TPSA) is 101 Å². The van der Waals surface area contributed by atoms with Crippen molar-refractivity contribution in [3.05, 3.63) is 82.5 Å². The van der Waals surface area contributed by atoms with Crippen LogP contribution in [0.5, 0.6) is 0 Å². The molecular formula is C21H16N4O3. The number of aromatic nitrogens is 2. The molecule has 0 aliphatic heterocycles. The smallest absolute Gasteiger partial charge is 0.311 e. The van der Waals surface area contributed by atoms with Crippen LogP contribution in [0.4, 0.5) is 17.2 Å². The second-order valence-corrected chi connectivity index (χ2v) is 6.31. The van der Waals surface area contributed by atoms with Crippen molar-refractivity contribution in [3.63, 3.8) is 0 Å². The van der Waals surface area contributed by atoms with Crippen molar-refractivity contribution in [2.75, 3.05) is 5.32 Å². The van der Waals surface area contributed by atoms with E-state index in [4.69, 9.17) is 0 Å². The second-order valence-electron chi connectivity index (χ2n) is 6.31. The lowest BCUT2D eigenvalue weighted by atomic mass is 10.0. The van der Waals surface area contributed by atoms with E-state index in [2.05, 4.69) is 15.3 Å². The highest BCUT2D eigenvalue weighted by Crippen LogP contribution is 2.33. The van der Waals surface area contributed by atoms with E-state index >= 15 is 0 Å². The van der Waals surface area contributed by atoms with Crippen molar-refractivity contribution in [1.29, 1.82) is 0 Å². The first-order valence-electron chi connectivity index (χ1n) is 8.63. The SMILES string of the molecule is CC(=O)c1c(-c2cccc(Nc3ncccc3[N+](=O)[O-])c2)[nH]c2ccccc12. The van der Waals surface area contributed by atoms with Crippen molar-refractivity contribution in [2.24, 2.45) is 0 Å². The number of pyridine rings is 1. The molecule has 2 N–H and O–H groups in total. The molecule has 7 nitrogen and oxygen atoms in total. The number of carbonyl (C=O) groups excluding carboxylic acids is 1. The van der Waals surface area contributed by atoms with Gasteiger partial charge in [0.15, 0.2) is 5.78 Å². The molecule has 2 aromatic carbocycles. The normalized spacial score (nSPS) is 10.8. The Balaban J connectivity index is 1.79. The van der Waals surface area contributed by atoms with E-state index in [1.54, 1.807) is 13.0 Å². The Bertz CT molecular complexity index is 1210. The van der Waals surface area contributed by atoms with E-state index in [-0.39, 0.29) is 17.3 Å². The van der Waals surface area contributed by atoms with Crippen molar-refractivity contribution in [1.82, 2.24) is 9.97 Å². The Labute approximate surface area is 160 Å². The van der Waals surface area contributed by atoms with Crippen LogP contribution in [0.1, 0.15) is 17.3 Å². The number of Topliss-reactive ketones (excluding diaryl/α,β-unsaturated/α-hetero) is 1. The molecule has 0 aliphatic carbocycles. The monoisotopic (exact) mass is 372 g/mol. The number of ketones is 1. The van der Waals surface area contributed by atoms with Crippen molar-refractivity contribution in [2.45, 2.75) is 6.92 Å². The summed E-state index contributed by atoms with van der Waals surface area (Å²) >= 11 is 0. The number of carbonyl (C=O) groups is 1. The summed E-state index contributed by atoms with van der Waals surface area (Å²) in [7, 11) is 0. The third kappa shape index (κ3) is 3.09. The molecule has 4 rings (SSSR count). The number of aromatic amines is 1. The number of fused-ring (bicyclic) bond motifs is 1. The first kappa shape index (κ1) is 17.4. The fourth-order valence-corrected chi connectivity index (χ4v) is 3.25. The summed E-state index contributed by atoms with van der Waals surface area (Å²) in [5.41, 5.74) is 3.53. The molecule has 0 spiro atoms. The molecule has 0 amide bonds. The molecule has 0 unspecified atom stereocenters. The fourth-order valence-electron chi connectivity index (χ4n) is 3.25. The summed E-state index contributed by atoms with van der Waals surface area (Å²) in [5, 5.41) is 15.1. The minimum absolute atomic E-state index is 0.0359. The maximum absolute atomic E-state index is 12.3. The van der Waals surface area contributed by atoms with Crippen molar-refractivity contribution >= 4 is 33.9 Å². The predicted octanol–water partition coefficient (Wildman–Crippen LogP) is 5.08. The first-order chi connectivity index (χ1) is 13.5. The summed E-state index contributed by atoms with van der Waals surface area (Å²) in [4.78, 5) is 30.4. The lowest BCUT2D eigenvalue weighted by Gasteiger charge is -2.08. The van der Waals surface area contributed by atoms with Gasteiger partial charge in [-0.05, 0) is 31.2 Å². The summed E-state index contributed by atoms with van der Waals surface area (Å²) in [6.45, 7) is 1.54. The minimum Gasteiger partial charge on any atom is -0.354 e. The van der Waals surface area contributed by atoms with Crippen LogP contribution in [0.2, 0.25) is 0 Å². The second kappa shape index (κ2) is 6.96. The number of para-hydroxylation sites is 1. The van der Waals surface area contributed by atoms with Gasteiger partial charge in [-0.3, -0.25) is 14.9 Å². The number of nitrogens with one attached hydrogen (secondary N) is 2. The van der Waals surface area contributed by atoms with Gasteiger partial charge in [0, 0.05) is 34.4 Å². The Kier molecular flexibility index (Phi) is 4.33. The lowest BCUT2D eigenvalue weighted by Crippen LogP contribution is -1.99. The zero-order valence-electron chi connectivity index (χ0n) is 15.0. The molecule has 0 atom stereocenters. The van der Waals surface area contributed by atoms with Crippen molar-refractivity contribution < 1.29 is 9.72 Å². The number of hydrogen-bond acceptors (Lipinski definition) is 5. The maximum Gasteiger partial charge on any atom is 0.311 e. The van der Waals surface area contributed by atoms with Gasteiger partial charge in [-0.1, -0.05) is 30.3 Å². The molecule has 0 fully saturated rings. The number of anilines is 2. The zero-order valence-corrected chi connectivity index (χ0v) is 15.0. The summed E-state index contributed by atoms with van der Waals surface area (Å²) in [6, 6.07) is 17.9. The molecule has 0 aliphatic rings. The molecule has 28 heavy (non-hydrogen) atoms. The lowest BCUT2D eigenvalue weighted by molar-refractivity contribution is -0.384. The van der Waals surface area contributed by atoms with Crippen LogP contribution >= 0.6 is 0 Å². The molecule has 7 heteroatoms. The third-order valence-corrected chi connectivity index (χ3v) is 4.46. The molecule has 0 bridgehead atoms. The van der Waals surface area contributed by atoms with E-state index in [0.29, 0.717) is 16.9 Å². The fraction of sp³-hybridized carbons (Fsp3) is 0.0476. The molecule has 2 aromatic heterocycles. The van der Waals surface area contributed by atoms with Crippen LogP contribution in [-0.2, 0) is 0 Å². The molecular weight excluding hydrogens is 356 g/mol. The number of nitro groups is 1. The van der Waals surface area contributed by atoms with E-state index in [1.165, 1.54) is 18.3 Å². The van der Waals surface area contributed by atoms with Gasteiger partial charge in [0.1, 0.15) is 0 Å². The van der Waals surface area contributed by atoms with Crippen LogP contribution in [0.3, 0.4) is 0 Å². The van der Waals surface area contributed by atoms with Gasteiger partial charge in [0.25, 0.3) is 0 Å². The molecule has 0 radical (unpaired) electrons. The van der Waals surface area contributed by atoms with Gasteiger partial charge in [-0.2, -0.15) is 0 Å². The largest absolute Gasteiger partial charge is 0.354 e. The highest BCUT2D eigenvalue weighted by atomic mass is 16.6. The molecule has 0 saturated heterocycles. The van der Waals surface area contributed by atoms with Gasteiger partial charge in [0.05, 0.1) is 16.2 Å². The maximum atomic E-state index is 12.3. The average Bonchev–Trinajstić information content (AvgIpc) is 3.08. The number of H-pyrrole nitrogens is 1. The Hall–Kier alpha value is -4.00. The first-order valence-corrected chi connectivity index (χ1v) is 8.63. The third-order valence-electron chi connectivity index (χ3n) is 4.46. The molecule has 0 saturated carbocycles. The van der Waals surface area contributed by atoms with Gasteiger partial charge in [-0.15, -0.1) is 0 Å². The molecule has 4 aromatic rings. The quantitative estimate of drug-likeness (QED) is 0.289. The summed E-state index contributed by atoms with van der Waals surface area (Å²) < 4.78 is 0. The molecule has 2 heterocycles. The summed E-state index contributed by atoms with van der Waals surface area (Å²) in [5.74, 6) is 0.124. The van der Waals surface area contributed by atoms with Gasteiger partial charge in [0.2, 0.25) is 5.82 Å². The van der Waals surface area contributed by atoms with Gasteiger partial charge >= 0.3 is 5.69 Å². The van der Waals surface area contributed by atoms with Gasteiger partial charge in [-0.25, -0.2) is 4.98 Å². The van der Waals surface area contributed by atoms with Crippen molar-refractivity contribution in [3.8, 4) is 11.3 Å². The van der Waals surface area contributed by atoms with Crippen LogP contribution in [0.25, 0.3) is 22.2 Å². The van der Waals surface area contributed by atoms with Crippen LogP contribution < -0.4 is 5.32 Å². The number of hydrogen-bond donors (Lipinski definition) is 2. The number of nitrogens with zero attached hydrogens (tertiary/aromatic N) is 2. The standard InChI is InChI=1S/C21H16N4O3/c1-13(26)19-16-8-2-3-9-17(16)24-20(19)14-6-4-7-15(12-14)23-21-18(25(27)28)10-5-11-22-21/h2-12,24H,1H3,(H,22,23). The Morgan fingerprint density at radius 2 is 1.93 bits per heavy atom. The highest BCUT2D eigenvalue weighted by molar-refractivity contribution is 6.12. The van der Waals surface area contributed by atoms with Crippen LogP contribution in [0.15, 0.2) is 66.9 Å².